The fourth-order valence-electron chi connectivity index (χ4n) is 8.51. The molecule has 1 unspecified atom stereocenters. The Labute approximate surface area is 325 Å². The zero-order chi connectivity index (χ0) is 41.1. The fraction of sp³-hybridized carbons (Fsp3) is 0.447. The highest BCUT2D eigenvalue weighted by Gasteiger charge is 2.47. The Balaban J connectivity index is 0.916. The zero-order valence-corrected chi connectivity index (χ0v) is 31.1. The number of imidazole rings is 1. The van der Waals surface area contributed by atoms with Crippen LogP contribution in [0.25, 0.3) is 21.9 Å². The number of benzene rings is 2. The summed E-state index contributed by atoms with van der Waals surface area (Å²) in [4.78, 5) is 60.6. The Morgan fingerprint density at radius 1 is 0.966 bits per heavy atom. The summed E-state index contributed by atoms with van der Waals surface area (Å²) >= 11 is 0. The number of hydrogen-bond acceptors (Lipinski definition) is 9. The molecule has 3 amide bonds. The molecule has 20 heteroatoms. The Bertz CT molecular complexity index is 2470. The van der Waals surface area contributed by atoms with Gasteiger partial charge in [0, 0.05) is 56.9 Å². The van der Waals surface area contributed by atoms with Gasteiger partial charge in [0.05, 0.1) is 40.7 Å². The molecule has 8 rings (SSSR count). The van der Waals surface area contributed by atoms with Crippen molar-refractivity contribution in [1.29, 1.82) is 0 Å². The molecule has 0 radical (unpaired) electrons. The maximum atomic E-state index is 14.8. The number of alkyl halides is 6. The number of aromatic nitrogens is 6. The number of piperazine rings is 1. The number of carbonyl (C=O) groups excluding carboxylic acids is 3. The first-order valence-corrected chi connectivity index (χ1v) is 18.8. The fourth-order valence-corrected chi connectivity index (χ4v) is 8.51. The predicted octanol–water partition coefficient (Wildman–Crippen LogP) is 5.21. The monoisotopic (exact) mass is 812 g/mol. The number of amides is 3. The van der Waals surface area contributed by atoms with Crippen molar-refractivity contribution in [2.75, 3.05) is 36.4 Å². The molecule has 2 aromatic carbocycles. The normalized spacial score (nSPS) is 22.4. The minimum absolute atomic E-state index is 0.00283. The third-order valence-corrected chi connectivity index (χ3v) is 11.4. The second-order valence-electron chi connectivity index (χ2n) is 15.1. The lowest BCUT2D eigenvalue weighted by atomic mass is 9.85. The van der Waals surface area contributed by atoms with Crippen LogP contribution >= 0.6 is 0 Å². The van der Waals surface area contributed by atoms with Crippen LogP contribution in [-0.4, -0.2) is 89.9 Å². The van der Waals surface area contributed by atoms with Crippen molar-refractivity contribution in [3.63, 3.8) is 0 Å². The second kappa shape index (κ2) is 14.9. The molecule has 1 saturated carbocycles. The summed E-state index contributed by atoms with van der Waals surface area (Å²) in [6, 6.07) is 7.23. The van der Waals surface area contributed by atoms with Crippen LogP contribution in [0.3, 0.4) is 0 Å². The molecule has 0 bridgehead atoms. The summed E-state index contributed by atoms with van der Waals surface area (Å²) < 4.78 is 87.9. The molecule has 58 heavy (non-hydrogen) atoms. The highest BCUT2D eigenvalue weighted by Crippen LogP contribution is 2.38. The molecule has 5 heterocycles. The molecule has 2 aliphatic heterocycles. The van der Waals surface area contributed by atoms with Crippen LogP contribution in [0.2, 0.25) is 0 Å². The number of hydrogen-bond donors (Lipinski definition) is 2. The number of carbonyl (C=O) groups is 3. The van der Waals surface area contributed by atoms with Gasteiger partial charge in [-0.05, 0) is 68.4 Å². The Morgan fingerprint density at radius 2 is 1.74 bits per heavy atom. The molecule has 306 valence electrons. The number of rotatable bonds is 7. The highest BCUT2D eigenvalue weighted by molar-refractivity contribution is 6.03. The lowest BCUT2D eigenvalue weighted by Gasteiger charge is -2.45. The average Bonchev–Trinajstić information content (AvgIpc) is 3.72. The van der Waals surface area contributed by atoms with E-state index in [4.69, 9.17) is 0 Å². The summed E-state index contributed by atoms with van der Waals surface area (Å²) in [5, 5.41) is 10.2. The van der Waals surface area contributed by atoms with Gasteiger partial charge in [-0.15, -0.1) is 0 Å². The van der Waals surface area contributed by atoms with Crippen LogP contribution in [0.5, 0.6) is 0 Å². The van der Waals surface area contributed by atoms with Gasteiger partial charge in [0.25, 0.3) is 5.91 Å². The number of nitrogens with one attached hydrogen (secondary N) is 2. The average molecular weight is 813 g/mol. The van der Waals surface area contributed by atoms with Gasteiger partial charge in [-0.1, -0.05) is 6.07 Å². The van der Waals surface area contributed by atoms with Gasteiger partial charge in [-0.3, -0.25) is 43.4 Å². The number of halogens is 6. The lowest BCUT2D eigenvalue weighted by molar-refractivity contribution is -0.186. The first kappa shape index (κ1) is 39.1. The van der Waals surface area contributed by atoms with E-state index in [-0.39, 0.29) is 51.0 Å². The SMILES string of the molecule is Cn1c(=O)n(C2CCC(=O)NC2=O)c2cccc(N3CCN(CC4CCC(n5cc6cc(NC(=O)c7cncc(C(F)(F)F)n7)ccc6n5)CC4)[C@H](C(F)(F)F)C3)c21. The van der Waals surface area contributed by atoms with Crippen molar-refractivity contribution in [2.45, 2.75) is 69.0 Å². The van der Waals surface area contributed by atoms with E-state index in [1.807, 2.05) is 10.9 Å². The second-order valence-corrected chi connectivity index (χ2v) is 15.1. The molecule has 2 saturated heterocycles. The van der Waals surface area contributed by atoms with E-state index in [0.29, 0.717) is 65.2 Å². The van der Waals surface area contributed by atoms with Crippen molar-refractivity contribution < 1.29 is 40.7 Å². The highest BCUT2D eigenvalue weighted by atomic mass is 19.4. The van der Waals surface area contributed by atoms with E-state index in [2.05, 4.69) is 25.7 Å². The van der Waals surface area contributed by atoms with E-state index >= 15 is 0 Å². The molecule has 2 atom stereocenters. The Kier molecular flexibility index (Phi) is 10.0. The maximum absolute atomic E-state index is 14.8. The standard InChI is InChI=1S/C38H38F6N10O4/c1-50-33-27(3-2-4-28(33)54(36(50)58)29-11-12-32(55)48-35(29)57)51-13-14-52(31(20-51)38(42,43)44)18-21-5-8-24(9-6-21)53-19-22-15-23(7-10-25(22)49-53)46-34(56)26-16-45-17-30(47-26)37(39,40)41/h2-4,7,10,15-17,19,21,24,29,31H,5-6,8-9,11-14,18,20H2,1H3,(H,46,56)(H,48,55,57)/t21?,24?,29?,31-/m0/s1. The van der Waals surface area contributed by atoms with E-state index in [1.165, 1.54) is 21.1 Å². The topological polar surface area (TPSA) is 152 Å². The van der Waals surface area contributed by atoms with Gasteiger partial charge < -0.3 is 10.2 Å². The number of fused-ring (bicyclic) bond motifs is 2. The van der Waals surface area contributed by atoms with E-state index in [0.717, 1.165) is 6.20 Å². The van der Waals surface area contributed by atoms with Gasteiger partial charge in [-0.2, -0.15) is 31.4 Å². The number of piperidine rings is 1. The Hall–Kier alpha value is -5.79. The summed E-state index contributed by atoms with van der Waals surface area (Å²) in [7, 11) is 1.52. The zero-order valence-electron chi connectivity index (χ0n) is 31.1. The number of aryl methyl sites for hydroxylation is 1. The van der Waals surface area contributed by atoms with Crippen molar-refractivity contribution in [2.24, 2.45) is 13.0 Å². The number of para-hydroxylation sites is 1. The van der Waals surface area contributed by atoms with Crippen LogP contribution in [-0.2, 0) is 22.8 Å². The summed E-state index contributed by atoms with van der Waals surface area (Å²) in [5.41, 5.74) is -0.0247. The Morgan fingerprint density at radius 3 is 2.47 bits per heavy atom. The van der Waals surface area contributed by atoms with Crippen LogP contribution in [0.1, 0.15) is 66.8 Å². The molecule has 2 N–H and O–H groups in total. The van der Waals surface area contributed by atoms with Crippen molar-refractivity contribution in [3.05, 3.63) is 76.9 Å². The van der Waals surface area contributed by atoms with Gasteiger partial charge in [0.2, 0.25) is 11.8 Å². The summed E-state index contributed by atoms with van der Waals surface area (Å²) in [6.07, 6.45) is -3.04. The van der Waals surface area contributed by atoms with Crippen LogP contribution < -0.4 is 21.2 Å². The minimum Gasteiger partial charge on any atom is -0.367 e. The number of anilines is 2. The van der Waals surface area contributed by atoms with Gasteiger partial charge in [0.15, 0.2) is 5.69 Å². The predicted molar refractivity (Wildman–Crippen MR) is 198 cm³/mol. The van der Waals surface area contributed by atoms with Crippen molar-refractivity contribution >= 4 is 51.0 Å². The quantitative estimate of drug-likeness (QED) is 0.167. The molecule has 3 fully saturated rings. The maximum Gasteiger partial charge on any atom is 0.434 e. The van der Waals surface area contributed by atoms with E-state index in [9.17, 15) is 45.5 Å². The largest absolute Gasteiger partial charge is 0.434 e. The van der Waals surface area contributed by atoms with Gasteiger partial charge in [-0.25, -0.2) is 9.78 Å². The van der Waals surface area contributed by atoms with Gasteiger partial charge >= 0.3 is 18.0 Å². The third-order valence-electron chi connectivity index (χ3n) is 11.4. The smallest absolute Gasteiger partial charge is 0.367 e. The van der Waals surface area contributed by atoms with Crippen LogP contribution in [0, 0.1) is 5.92 Å². The number of imide groups is 1. The molecular formula is C38H38F6N10O4. The molecule has 3 aliphatic rings. The molecule has 3 aromatic heterocycles. The molecule has 0 spiro atoms. The van der Waals surface area contributed by atoms with E-state index in [1.54, 1.807) is 41.3 Å². The summed E-state index contributed by atoms with van der Waals surface area (Å²) in [6.45, 7) is 0.353. The molecule has 14 nitrogen and oxygen atoms in total. The van der Waals surface area contributed by atoms with E-state index < -0.39 is 59.2 Å². The lowest BCUT2D eigenvalue weighted by Crippen LogP contribution is -2.60. The van der Waals surface area contributed by atoms with Crippen molar-refractivity contribution in [3.8, 4) is 0 Å². The molecule has 1 aliphatic carbocycles. The van der Waals surface area contributed by atoms with Crippen LogP contribution in [0.4, 0.5) is 37.7 Å². The number of nitrogens with zero attached hydrogens (tertiary/aromatic N) is 8. The first-order chi connectivity index (χ1) is 27.5. The molecular weight excluding hydrogens is 774 g/mol. The molecule has 5 aromatic rings. The summed E-state index contributed by atoms with van der Waals surface area (Å²) in [5.74, 6) is -1.86. The van der Waals surface area contributed by atoms with Gasteiger partial charge in [0.1, 0.15) is 17.8 Å². The van der Waals surface area contributed by atoms with Crippen LogP contribution in [0.15, 0.2) is 59.8 Å². The first-order valence-electron chi connectivity index (χ1n) is 18.8. The third kappa shape index (κ3) is 7.51. The van der Waals surface area contributed by atoms with Crippen molar-refractivity contribution in [1.82, 2.24) is 39.1 Å². The minimum atomic E-state index is -4.75.